The fourth-order valence-corrected chi connectivity index (χ4v) is 2.45. The first-order valence-electron chi connectivity index (χ1n) is 6.25. The maximum atomic E-state index is 5.68. The average molecular weight is 221 g/mol. The normalized spacial score (nSPS) is 19.2. The van der Waals surface area contributed by atoms with Gasteiger partial charge in [-0.1, -0.05) is 6.92 Å². The van der Waals surface area contributed by atoms with E-state index in [2.05, 4.69) is 35.7 Å². The van der Waals surface area contributed by atoms with Gasteiger partial charge in [0.1, 0.15) is 0 Å². The lowest BCUT2D eigenvalue weighted by Crippen LogP contribution is -2.32. The van der Waals surface area contributed by atoms with Crippen molar-refractivity contribution in [2.45, 2.75) is 32.9 Å². The molecular formula is C13H23N3. The monoisotopic (exact) mass is 221 g/mol. The molecule has 0 radical (unpaired) electrons. The molecule has 0 aliphatic carbocycles. The van der Waals surface area contributed by atoms with Gasteiger partial charge in [0.15, 0.2) is 0 Å². The maximum absolute atomic E-state index is 5.68. The lowest BCUT2D eigenvalue weighted by atomic mass is 9.99. The molecule has 1 aromatic rings. The van der Waals surface area contributed by atoms with E-state index in [9.17, 15) is 0 Å². The SMILES string of the molecule is CC1CCN(Cc2cc(CN)n(C)c2)CC1. The standard InChI is InChI=1S/C13H23N3/c1-11-3-5-16(6-4-11)10-12-7-13(8-14)15(2)9-12/h7,9,11H,3-6,8,10,14H2,1-2H3. The second kappa shape index (κ2) is 5.02. The highest BCUT2D eigenvalue weighted by Crippen LogP contribution is 2.18. The number of piperidine rings is 1. The second-order valence-corrected chi connectivity index (χ2v) is 5.11. The molecule has 1 aliphatic heterocycles. The minimum atomic E-state index is 0.632. The van der Waals surface area contributed by atoms with Crippen LogP contribution >= 0.6 is 0 Å². The van der Waals surface area contributed by atoms with E-state index in [1.807, 2.05) is 0 Å². The number of nitrogens with two attached hydrogens (primary N) is 1. The van der Waals surface area contributed by atoms with Gasteiger partial charge < -0.3 is 10.3 Å². The van der Waals surface area contributed by atoms with E-state index in [-0.39, 0.29) is 0 Å². The summed E-state index contributed by atoms with van der Waals surface area (Å²) in [7, 11) is 2.07. The molecule has 0 bridgehead atoms. The Hall–Kier alpha value is -0.800. The largest absolute Gasteiger partial charge is 0.353 e. The van der Waals surface area contributed by atoms with E-state index >= 15 is 0 Å². The first-order chi connectivity index (χ1) is 7.69. The van der Waals surface area contributed by atoms with Gasteiger partial charge in [-0.15, -0.1) is 0 Å². The van der Waals surface area contributed by atoms with Crippen LogP contribution in [-0.2, 0) is 20.1 Å². The van der Waals surface area contributed by atoms with Crippen LogP contribution in [0.25, 0.3) is 0 Å². The number of aryl methyl sites for hydroxylation is 1. The fourth-order valence-electron chi connectivity index (χ4n) is 2.45. The Morgan fingerprint density at radius 3 is 2.62 bits per heavy atom. The molecule has 0 aromatic carbocycles. The third kappa shape index (κ3) is 2.66. The molecule has 3 heteroatoms. The van der Waals surface area contributed by atoms with Crippen LogP contribution in [0, 0.1) is 5.92 Å². The predicted molar refractivity (Wildman–Crippen MR) is 67.0 cm³/mol. The van der Waals surface area contributed by atoms with Crippen LogP contribution < -0.4 is 5.73 Å². The maximum Gasteiger partial charge on any atom is 0.0334 e. The number of hydrogen-bond donors (Lipinski definition) is 1. The van der Waals surface area contributed by atoms with Crippen LogP contribution in [0.4, 0.5) is 0 Å². The van der Waals surface area contributed by atoms with Gasteiger partial charge in [0.2, 0.25) is 0 Å². The van der Waals surface area contributed by atoms with Crippen LogP contribution in [0.15, 0.2) is 12.3 Å². The van der Waals surface area contributed by atoms with Gasteiger partial charge in [0.25, 0.3) is 0 Å². The van der Waals surface area contributed by atoms with Crippen molar-refractivity contribution in [3.8, 4) is 0 Å². The van der Waals surface area contributed by atoms with Gasteiger partial charge in [0, 0.05) is 32.0 Å². The molecule has 0 saturated carbocycles. The van der Waals surface area contributed by atoms with Crippen molar-refractivity contribution in [1.29, 1.82) is 0 Å². The number of rotatable bonds is 3. The molecule has 1 aliphatic rings. The minimum absolute atomic E-state index is 0.632. The second-order valence-electron chi connectivity index (χ2n) is 5.11. The number of hydrogen-bond acceptors (Lipinski definition) is 2. The van der Waals surface area contributed by atoms with E-state index in [0.29, 0.717) is 6.54 Å². The average Bonchev–Trinajstić information content (AvgIpc) is 2.62. The summed E-state index contributed by atoms with van der Waals surface area (Å²) in [6.45, 7) is 6.56. The Morgan fingerprint density at radius 2 is 2.06 bits per heavy atom. The van der Waals surface area contributed by atoms with Gasteiger partial charge in [-0.2, -0.15) is 0 Å². The highest BCUT2D eigenvalue weighted by Gasteiger charge is 2.16. The molecule has 0 unspecified atom stereocenters. The Bertz CT molecular complexity index is 335. The first kappa shape index (κ1) is 11.7. The topological polar surface area (TPSA) is 34.2 Å². The van der Waals surface area contributed by atoms with E-state index < -0.39 is 0 Å². The molecule has 0 amide bonds. The van der Waals surface area contributed by atoms with E-state index in [0.717, 1.165) is 12.5 Å². The summed E-state index contributed by atoms with van der Waals surface area (Å²) in [5, 5.41) is 0. The minimum Gasteiger partial charge on any atom is -0.353 e. The summed E-state index contributed by atoms with van der Waals surface area (Å²) in [4.78, 5) is 2.55. The Kier molecular flexibility index (Phi) is 3.66. The lowest BCUT2D eigenvalue weighted by Gasteiger charge is -2.29. The van der Waals surface area contributed by atoms with Gasteiger partial charge >= 0.3 is 0 Å². The molecule has 3 nitrogen and oxygen atoms in total. The summed E-state index contributed by atoms with van der Waals surface area (Å²) < 4.78 is 2.14. The number of nitrogens with zero attached hydrogens (tertiary/aromatic N) is 2. The molecule has 16 heavy (non-hydrogen) atoms. The molecule has 1 aromatic heterocycles. The Morgan fingerprint density at radius 1 is 1.38 bits per heavy atom. The molecule has 1 fully saturated rings. The van der Waals surface area contributed by atoms with Crippen molar-refractivity contribution in [3.63, 3.8) is 0 Å². The van der Waals surface area contributed by atoms with Crippen molar-refractivity contribution >= 4 is 0 Å². The summed E-state index contributed by atoms with van der Waals surface area (Å²) >= 11 is 0. The van der Waals surface area contributed by atoms with Crippen molar-refractivity contribution in [2.75, 3.05) is 13.1 Å². The highest BCUT2D eigenvalue weighted by atomic mass is 15.1. The van der Waals surface area contributed by atoms with Crippen LogP contribution in [0.1, 0.15) is 31.0 Å². The zero-order valence-corrected chi connectivity index (χ0v) is 10.4. The van der Waals surface area contributed by atoms with Crippen molar-refractivity contribution in [1.82, 2.24) is 9.47 Å². The van der Waals surface area contributed by atoms with Crippen LogP contribution in [0.5, 0.6) is 0 Å². The summed E-state index contributed by atoms with van der Waals surface area (Å²) in [5.74, 6) is 0.909. The van der Waals surface area contributed by atoms with E-state index in [1.54, 1.807) is 0 Å². The van der Waals surface area contributed by atoms with Gasteiger partial charge in [-0.05, 0) is 43.5 Å². The molecule has 90 valence electrons. The summed E-state index contributed by atoms with van der Waals surface area (Å²) in [6, 6.07) is 2.23. The van der Waals surface area contributed by atoms with Crippen molar-refractivity contribution < 1.29 is 0 Å². The predicted octanol–water partition coefficient (Wildman–Crippen LogP) is 1.72. The van der Waals surface area contributed by atoms with E-state index in [1.165, 1.54) is 37.2 Å². The third-order valence-electron chi connectivity index (χ3n) is 3.66. The van der Waals surface area contributed by atoms with Gasteiger partial charge in [-0.25, -0.2) is 0 Å². The zero-order chi connectivity index (χ0) is 11.5. The van der Waals surface area contributed by atoms with Crippen LogP contribution in [0.3, 0.4) is 0 Å². The molecule has 1 saturated heterocycles. The zero-order valence-electron chi connectivity index (χ0n) is 10.4. The highest BCUT2D eigenvalue weighted by molar-refractivity contribution is 5.18. The summed E-state index contributed by atoms with van der Waals surface area (Å²) in [5.41, 5.74) is 8.30. The van der Waals surface area contributed by atoms with Crippen molar-refractivity contribution in [3.05, 3.63) is 23.5 Å². The van der Waals surface area contributed by atoms with E-state index in [4.69, 9.17) is 5.73 Å². The third-order valence-corrected chi connectivity index (χ3v) is 3.66. The van der Waals surface area contributed by atoms with Gasteiger partial charge in [0.05, 0.1) is 0 Å². The van der Waals surface area contributed by atoms with Crippen molar-refractivity contribution in [2.24, 2.45) is 18.7 Å². The Labute approximate surface area is 98.2 Å². The quantitative estimate of drug-likeness (QED) is 0.843. The van der Waals surface area contributed by atoms with Gasteiger partial charge in [-0.3, -0.25) is 4.90 Å². The van der Waals surface area contributed by atoms with Crippen LogP contribution in [-0.4, -0.2) is 22.6 Å². The number of aromatic nitrogens is 1. The fraction of sp³-hybridized carbons (Fsp3) is 0.692. The van der Waals surface area contributed by atoms with Crippen LogP contribution in [0.2, 0.25) is 0 Å². The number of likely N-dealkylation sites (tertiary alicyclic amines) is 1. The molecule has 2 heterocycles. The molecule has 2 rings (SSSR count). The first-order valence-corrected chi connectivity index (χ1v) is 6.25. The Balaban J connectivity index is 1.93. The molecular weight excluding hydrogens is 198 g/mol. The molecule has 0 spiro atoms. The lowest BCUT2D eigenvalue weighted by molar-refractivity contribution is 0.185. The summed E-state index contributed by atoms with van der Waals surface area (Å²) in [6.07, 6.45) is 4.90. The molecule has 0 atom stereocenters. The smallest absolute Gasteiger partial charge is 0.0334 e. The molecule has 2 N–H and O–H groups in total.